The topological polar surface area (TPSA) is 177 Å². The minimum Gasteiger partial charge on any atom is -0.459 e. The Morgan fingerprint density at radius 3 is 1.35 bits per heavy atom. The lowest BCUT2D eigenvalue weighted by Gasteiger charge is -2.42. The Morgan fingerprint density at radius 2 is 0.973 bits per heavy atom. The number of carbonyl (C=O) groups is 5. The van der Waals surface area contributed by atoms with Crippen molar-refractivity contribution < 1.29 is 56.7 Å². The van der Waals surface area contributed by atoms with E-state index in [0.29, 0.717) is 0 Å². The van der Waals surface area contributed by atoms with E-state index >= 15 is 0 Å². The number of ether oxygens (including phenoxy) is 5. The lowest BCUT2D eigenvalue weighted by atomic mass is 9.65. The molecule has 0 bridgehead atoms. The molecule has 17 nitrogen and oxygen atoms in total. The number of rotatable bonds is 24. The third-order valence-electron chi connectivity index (χ3n) is 11.3. The van der Waals surface area contributed by atoms with Gasteiger partial charge in [0, 0.05) is 43.5 Å². The second-order valence-corrected chi connectivity index (χ2v) is 25.4. The largest absolute Gasteiger partial charge is 0.459 e. The number of imidazole rings is 1. The molecule has 0 aliphatic heterocycles. The average Bonchev–Trinajstić information content (AvgIpc) is 3.79. The second kappa shape index (κ2) is 26.8. The highest BCUT2D eigenvalue weighted by Crippen LogP contribution is 2.50. The SMILES string of the molecule is CC(C)(C)OC(=O)CN(CCN(CC(=O)OC(C)(C)C)[C@@H](COP(OC1CCC(c2ccccc2)(c2ccccc2)CC1)n1ccnc1)CN(CC(=O)OC(C)(C)C)CC(=O)OC(C)(C)C)CC(=O)OC(C)(C)C. The summed E-state index contributed by atoms with van der Waals surface area (Å²) < 4.78 is 44.5. The van der Waals surface area contributed by atoms with Crippen LogP contribution in [0.15, 0.2) is 79.4 Å². The molecule has 2 atom stereocenters. The van der Waals surface area contributed by atoms with Gasteiger partial charge in [0.25, 0.3) is 8.53 Å². The molecule has 4 rings (SSSR count). The summed E-state index contributed by atoms with van der Waals surface area (Å²) in [5.41, 5.74) is -1.81. The Kier molecular flexibility index (Phi) is 22.4. The summed E-state index contributed by atoms with van der Waals surface area (Å²) in [5.74, 6) is -2.84. The number of benzene rings is 2. The second-order valence-electron chi connectivity index (χ2n) is 24.0. The van der Waals surface area contributed by atoms with E-state index in [4.69, 9.17) is 32.7 Å². The molecule has 1 unspecified atom stereocenters. The van der Waals surface area contributed by atoms with E-state index in [0.717, 1.165) is 25.7 Å². The average molecular weight is 1050 g/mol. The van der Waals surface area contributed by atoms with Crippen LogP contribution in [0.3, 0.4) is 0 Å². The fourth-order valence-corrected chi connectivity index (χ4v) is 10.0. The highest BCUT2D eigenvalue weighted by atomic mass is 31.2. The van der Waals surface area contributed by atoms with Crippen molar-refractivity contribution >= 4 is 38.4 Å². The van der Waals surface area contributed by atoms with Gasteiger partial charge in [0.05, 0.1) is 45.4 Å². The quantitative estimate of drug-likeness (QED) is 0.0472. The van der Waals surface area contributed by atoms with Crippen molar-refractivity contribution in [3.8, 4) is 0 Å². The van der Waals surface area contributed by atoms with Gasteiger partial charge in [0.15, 0.2) is 0 Å². The highest BCUT2D eigenvalue weighted by molar-refractivity contribution is 7.45. The summed E-state index contributed by atoms with van der Waals surface area (Å²) in [5, 5.41) is 0. The molecule has 1 aromatic heterocycles. The molecule has 0 spiro atoms. The molecule has 0 amide bonds. The number of hydrogen-bond acceptors (Lipinski definition) is 16. The Labute approximate surface area is 442 Å². The lowest BCUT2D eigenvalue weighted by Crippen LogP contribution is -2.53. The van der Waals surface area contributed by atoms with E-state index in [-0.39, 0.29) is 70.5 Å². The van der Waals surface area contributed by atoms with Crippen LogP contribution in [0, 0.1) is 0 Å². The minimum atomic E-state index is -1.87. The monoisotopic (exact) mass is 1050 g/mol. The number of nitrogens with zero attached hydrogens (tertiary/aromatic N) is 5. The molecule has 412 valence electrons. The zero-order chi connectivity index (χ0) is 55.1. The van der Waals surface area contributed by atoms with Gasteiger partial charge in [0.2, 0.25) is 0 Å². The zero-order valence-corrected chi connectivity index (χ0v) is 47.8. The molecule has 1 aliphatic rings. The standard InChI is InChI=1S/C56H86N5O12P/c1-51(2,3)68-46(62)35-58(36-47(63)69-52(4,5)6)32-33-60(39-50(66)72-55(13,14)15)44(34-59(37-48(64)70-53(7,8)9)38-49(65)71-54(10,11)12)40-67-74(61-31-30-57-41-61)73-45-26-28-56(29-27-45,42-22-18-16-19-23-42)43-24-20-17-21-25-43/h16-25,30-31,41,44-45H,26-29,32-40H2,1-15H3/t44-,74?/m1/s1. The molecule has 1 fully saturated rings. The van der Waals surface area contributed by atoms with E-state index in [1.165, 1.54) is 11.1 Å². The van der Waals surface area contributed by atoms with Crippen LogP contribution >= 0.6 is 8.53 Å². The minimum absolute atomic E-state index is 0.0212. The molecule has 1 saturated carbocycles. The van der Waals surface area contributed by atoms with Crippen LogP contribution in [0.4, 0.5) is 0 Å². The van der Waals surface area contributed by atoms with Gasteiger partial charge in [-0.25, -0.2) is 4.98 Å². The van der Waals surface area contributed by atoms with Crippen LogP contribution in [0.1, 0.15) is 141 Å². The van der Waals surface area contributed by atoms with E-state index in [1.807, 2.05) is 17.0 Å². The van der Waals surface area contributed by atoms with Gasteiger partial charge in [-0.1, -0.05) is 60.7 Å². The van der Waals surface area contributed by atoms with E-state index < -0.39 is 72.4 Å². The normalized spacial score (nSPS) is 15.6. The molecular weight excluding hydrogens is 966 g/mol. The molecule has 18 heteroatoms. The number of esters is 5. The molecule has 74 heavy (non-hydrogen) atoms. The summed E-state index contributed by atoms with van der Waals surface area (Å²) >= 11 is 0. The van der Waals surface area contributed by atoms with Crippen LogP contribution in [0.5, 0.6) is 0 Å². The predicted molar refractivity (Wildman–Crippen MR) is 285 cm³/mol. The van der Waals surface area contributed by atoms with Crippen molar-refractivity contribution in [2.24, 2.45) is 0 Å². The Morgan fingerprint density at radius 1 is 0.581 bits per heavy atom. The van der Waals surface area contributed by atoms with E-state index in [1.54, 1.807) is 137 Å². The van der Waals surface area contributed by atoms with Gasteiger partial charge >= 0.3 is 29.8 Å². The summed E-state index contributed by atoms with van der Waals surface area (Å²) in [6.45, 7) is 25.0. The zero-order valence-electron chi connectivity index (χ0n) is 46.9. The fourth-order valence-electron chi connectivity index (χ4n) is 8.62. The van der Waals surface area contributed by atoms with Gasteiger partial charge in [-0.2, -0.15) is 0 Å². The number of aromatic nitrogens is 2. The van der Waals surface area contributed by atoms with Crippen LogP contribution in [0.2, 0.25) is 0 Å². The van der Waals surface area contributed by atoms with Crippen molar-refractivity contribution in [2.45, 2.75) is 175 Å². The third kappa shape index (κ3) is 23.0. The maximum atomic E-state index is 14.0. The van der Waals surface area contributed by atoms with Crippen molar-refractivity contribution in [1.82, 2.24) is 24.0 Å². The molecular formula is C56H86N5O12P. The van der Waals surface area contributed by atoms with Gasteiger partial charge in [-0.3, -0.25) is 43.0 Å². The van der Waals surface area contributed by atoms with Crippen LogP contribution < -0.4 is 0 Å². The summed E-state index contributed by atoms with van der Waals surface area (Å²) in [6, 6.07) is 20.4. The van der Waals surface area contributed by atoms with Crippen LogP contribution in [-0.4, -0.2) is 153 Å². The third-order valence-corrected chi connectivity index (χ3v) is 12.7. The Bertz CT molecular complexity index is 2120. The number of hydrogen-bond donors (Lipinski definition) is 0. The Hall–Kier alpha value is -4.77. The molecule has 1 aliphatic carbocycles. The maximum Gasteiger partial charge on any atom is 0.320 e. The van der Waals surface area contributed by atoms with Crippen molar-refractivity contribution in [3.05, 3.63) is 90.5 Å². The maximum absolute atomic E-state index is 14.0. The summed E-state index contributed by atoms with van der Waals surface area (Å²) in [4.78, 5) is 77.5. The molecule has 0 N–H and O–H groups in total. The van der Waals surface area contributed by atoms with Gasteiger partial charge < -0.3 is 32.7 Å². The lowest BCUT2D eigenvalue weighted by molar-refractivity contribution is -0.162. The molecule has 1 heterocycles. The fraction of sp³-hybridized carbons (Fsp3) is 0.643. The first-order chi connectivity index (χ1) is 34.3. The van der Waals surface area contributed by atoms with Gasteiger partial charge in [-0.05, 0) is 141 Å². The first kappa shape index (κ1) is 61.8. The van der Waals surface area contributed by atoms with Crippen molar-refractivity contribution in [3.63, 3.8) is 0 Å². The highest BCUT2D eigenvalue weighted by Gasteiger charge is 2.40. The van der Waals surface area contributed by atoms with Crippen LogP contribution in [0.25, 0.3) is 0 Å². The molecule has 3 aromatic rings. The molecule has 0 saturated heterocycles. The van der Waals surface area contributed by atoms with E-state index in [2.05, 4.69) is 53.5 Å². The van der Waals surface area contributed by atoms with Gasteiger partial charge in [0.1, 0.15) is 34.3 Å². The summed E-state index contributed by atoms with van der Waals surface area (Å²) in [7, 11) is -1.87. The van der Waals surface area contributed by atoms with Crippen molar-refractivity contribution in [1.29, 1.82) is 0 Å². The number of carbonyl (C=O) groups excluding carboxylic acids is 5. The molecule has 0 radical (unpaired) electrons. The molecule has 2 aromatic carbocycles. The van der Waals surface area contributed by atoms with E-state index in [9.17, 15) is 24.0 Å². The summed E-state index contributed by atoms with van der Waals surface area (Å²) in [6.07, 6.45) is 8.02. The van der Waals surface area contributed by atoms with Gasteiger partial charge in [-0.15, -0.1) is 0 Å². The smallest absolute Gasteiger partial charge is 0.320 e. The van der Waals surface area contributed by atoms with Crippen LogP contribution in [-0.2, 0) is 62.1 Å². The first-order valence-corrected chi connectivity index (χ1v) is 26.9. The predicted octanol–water partition coefficient (Wildman–Crippen LogP) is 8.90. The van der Waals surface area contributed by atoms with Crippen molar-refractivity contribution in [2.75, 3.05) is 59.0 Å². The Balaban J connectivity index is 1.77. The first-order valence-electron chi connectivity index (χ1n) is 25.7.